The molecule has 1 aliphatic heterocycles. The summed E-state index contributed by atoms with van der Waals surface area (Å²) < 4.78 is 9.69. The topological polar surface area (TPSA) is 175 Å². The van der Waals surface area contributed by atoms with Crippen LogP contribution < -0.4 is 10.6 Å². The number of aromatic nitrogens is 4. The zero-order valence-corrected chi connectivity index (χ0v) is 40.4. The van der Waals surface area contributed by atoms with Crippen molar-refractivity contribution in [2.45, 2.75) is 137 Å². The van der Waals surface area contributed by atoms with Crippen LogP contribution in [0.1, 0.15) is 148 Å². The first kappa shape index (κ1) is 47.3. The quantitative estimate of drug-likeness (QED) is 0.103. The van der Waals surface area contributed by atoms with Gasteiger partial charge in [0.1, 0.15) is 23.7 Å². The minimum absolute atomic E-state index is 0.123. The molecule has 1 saturated heterocycles. The molecule has 4 aromatic rings. The van der Waals surface area contributed by atoms with E-state index < -0.39 is 24.3 Å². The average Bonchev–Trinajstić information content (AvgIpc) is 4.04. The second-order valence-corrected chi connectivity index (χ2v) is 21.3. The van der Waals surface area contributed by atoms with Crippen LogP contribution in [0.2, 0.25) is 0 Å². The molecule has 0 radical (unpaired) electrons. The number of imidazole rings is 2. The molecule has 4 aliphatic rings. The summed E-state index contributed by atoms with van der Waals surface area (Å²) in [4.78, 5) is 73.0. The molecular formula is C51H70N8O6. The standard InChI is InChI=1S/C51H70N8O6/c1-28(2)42(56-48(62)64-11)46(60)58(10)38(23-50(5,6)7)44-53-26-37(55-44)35-22-21-34(40-32-17-19-33(20-18-32)41(35)40)30-13-15-31(16-14-30)36-25-52-45(54-36)39-24-51(8,9)27-59(39)47(61)43(29(3)4)57-49(63)65-12/h13-16,21-22,25-26,28-29,32-33,38-39,42-43H,17-20,23-24,27H2,1-12H3,(H,52,54)(H,53,55)(H,56,62)(H,57,63). The summed E-state index contributed by atoms with van der Waals surface area (Å²) in [6.45, 7) is 19.0. The minimum Gasteiger partial charge on any atom is -0.453 e. The summed E-state index contributed by atoms with van der Waals surface area (Å²) >= 11 is 0. The fourth-order valence-electron chi connectivity index (χ4n) is 10.5. The summed E-state index contributed by atoms with van der Waals surface area (Å²) in [6, 6.07) is 11.1. The van der Waals surface area contributed by atoms with Crippen molar-refractivity contribution in [3.05, 3.63) is 71.6 Å². The largest absolute Gasteiger partial charge is 0.453 e. The van der Waals surface area contributed by atoms with Crippen LogP contribution in [0, 0.1) is 22.7 Å². The third kappa shape index (κ3) is 9.96. The van der Waals surface area contributed by atoms with Gasteiger partial charge in [-0.25, -0.2) is 19.6 Å². The van der Waals surface area contributed by atoms with Gasteiger partial charge in [0.2, 0.25) is 11.8 Å². The molecule has 2 aromatic heterocycles. The van der Waals surface area contributed by atoms with Gasteiger partial charge in [-0.3, -0.25) is 9.59 Å². The number of methoxy groups -OCH3 is 2. The zero-order valence-electron chi connectivity index (χ0n) is 40.4. The number of nitrogens with zero attached hydrogens (tertiary/aromatic N) is 4. The lowest BCUT2D eigenvalue weighted by Gasteiger charge is -2.41. The third-order valence-corrected chi connectivity index (χ3v) is 13.9. The fraction of sp³-hybridized carbons (Fsp3) is 0.569. The number of benzene rings is 2. The first-order valence-corrected chi connectivity index (χ1v) is 23.3. The van der Waals surface area contributed by atoms with Crippen molar-refractivity contribution in [2.75, 3.05) is 27.8 Å². The first-order chi connectivity index (χ1) is 30.7. The summed E-state index contributed by atoms with van der Waals surface area (Å²) in [5.41, 5.74) is 8.98. The molecule has 350 valence electrons. The maximum Gasteiger partial charge on any atom is 0.407 e. The van der Waals surface area contributed by atoms with Gasteiger partial charge in [-0.2, -0.15) is 0 Å². The Morgan fingerprint density at radius 3 is 1.89 bits per heavy atom. The highest BCUT2D eigenvalue weighted by Gasteiger charge is 2.45. The number of aromatic amines is 2. The molecule has 8 rings (SSSR count). The molecule has 3 aliphatic carbocycles. The fourth-order valence-corrected chi connectivity index (χ4v) is 10.5. The van der Waals surface area contributed by atoms with E-state index in [0.717, 1.165) is 53.2 Å². The number of carbonyl (C=O) groups is 4. The van der Waals surface area contributed by atoms with E-state index in [1.54, 1.807) is 11.9 Å². The molecule has 14 nitrogen and oxygen atoms in total. The minimum atomic E-state index is -0.750. The van der Waals surface area contributed by atoms with E-state index in [4.69, 9.17) is 19.4 Å². The van der Waals surface area contributed by atoms with Gasteiger partial charge in [0.25, 0.3) is 0 Å². The van der Waals surface area contributed by atoms with Crippen LogP contribution in [0.3, 0.4) is 0 Å². The van der Waals surface area contributed by atoms with Crippen molar-refractivity contribution in [1.29, 1.82) is 0 Å². The first-order valence-electron chi connectivity index (χ1n) is 23.3. The Hall–Kier alpha value is -5.66. The van der Waals surface area contributed by atoms with E-state index in [2.05, 4.69) is 91.6 Å². The number of carbonyl (C=O) groups excluding carboxylic acids is 4. The van der Waals surface area contributed by atoms with E-state index in [0.29, 0.717) is 30.6 Å². The second kappa shape index (κ2) is 18.7. The number of fused-ring (bicyclic) bond motifs is 2. The molecule has 4 unspecified atom stereocenters. The Labute approximate surface area is 384 Å². The van der Waals surface area contributed by atoms with Crippen LogP contribution in [0.4, 0.5) is 9.59 Å². The number of hydrogen-bond acceptors (Lipinski definition) is 8. The molecule has 3 heterocycles. The van der Waals surface area contributed by atoms with Gasteiger partial charge >= 0.3 is 12.2 Å². The van der Waals surface area contributed by atoms with Crippen molar-refractivity contribution in [1.82, 2.24) is 40.4 Å². The van der Waals surface area contributed by atoms with Gasteiger partial charge in [-0.1, -0.05) is 98.7 Å². The number of hydrogen-bond donors (Lipinski definition) is 4. The van der Waals surface area contributed by atoms with Crippen molar-refractivity contribution >= 4 is 24.0 Å². The van der Waals surface area contributed by atoms with Gasteiger partial charge in [0, 0.05) is 19.2 Å². The summed E-state index contributed by atoms with van der Waals surface area (Å²) in [6.07, 6.45) is 8.56. The van der Waals surface area contributed by atoms with E-state index in [1.807, 2.05) is 45.0 Å². The Kier molecular flexibility index (Phi) is 13.6. The lowest BCUT2D eigenvalue weighted by atomic mass is 9.64. The van der Waals surface area contributed by atoms with Crippen molar-refractivity contribution in [2.24, 2.45) is 22.7 Å². The van der Waals surface area contributed by atoms with Crippen LogP contribution in [0.25, 0.3) is 33.6 Å². The van der Waals surface area contributed by atoms with E-state index >= 15 is 0 Å². The van der Waals surface area contributed by atoms with Crippen LogP contribution in [-0.4, -0.2) is 93.6 Å². The lowest BCUT2D eigenvalue weighted by molar-refractivity contribution is -0.136. The highest BCUT2D eigenvalue weighted by Crippen LogP contribution is 2.55. The number of likely N-dealkylation sites (N-methyl/N-ethyl adjacent to an activating group) is 1. The number of alkyl carbamates (subject to hydrolysis) is 2. The molecular weight excluding hydrogens is 821 g/mol. The van der Waals surface area contributed by atoms with E-state index in [1.165, 1.54) is 43.8 Å². The SMILES string of the molecule is COC(=O)NC(C(=O)N(C)C(CC(C)(C)C)c1ncc(-c2ccc(-c3ccc(-c4cnc(C5CC(C)(C)CN5C(=O)C(NC(=O)OC)C(C)C)[nH]4)cc3)c3c2C2CCC3CC2)[nH]1)C(C)C. The Balaban J connectivity index is 1.16. The van der Waals surface area contributed by atoms with Crippen molar-refractivity contribution < 1.29 is 28.7 Å². The molecule has 2 bridgehead atoms. The maximum absolute atomic E-state index is 14.0. The second-order valence-electron chi connectivity index (χ2n) is 21.3. The summed E-state index contributed by atoms with van der Waals surface area (Å²) in [5.74, 6) is 1.74. The molecule has 4 atom stereocenters. The van der Waals surface area contributed by atoms with Gasteiger partial charge in [0.15, 0.2) is 0 Å². The zero-order chi connectivity index (χ0) is 47.1. The van der Waals surface area contributed by atoms with Crippen LogP contribution >= 0.6 is 0 Å². The van der Waals surface area contributed by atoms with Crippen LogP contribution in [0.5, 0.6) is 0 Å². The van der Waals surface area contributed by atoms with Crippen molar-refractivity contribution in [3.63, 3.8) is 0 Å². The molecule has 2 aromatic carbocycles. The highest BCUT2D eigenvalue weighted by molar-refractivity contribution is 5.87. The Morgan fingerprint density at radius 2 is 1.32 bits per heavy atom. The number of ether oxygens (including phenoxy) is 2. The van der Waals surface area contributed by atoms with E-state index in [9.17, 15) is 19.2 Å². The Bertz CT molecular complexity index is 2370. The normalized spacial score (nSPS) is 20.3. The number of likely N-dealkylation sites (tertiary alicyclic amines) is 1. The van der Waals surface area contributed by atoms with Gasteiger partial charge in [0.05, 0.1) is 50.1 Å². The third-order valence-electron chi connectivity index (χ3n) is 13.9. The number of nitrogens with one attached hydrogen (secondary N) is 4. The van der Waals surface area contributed by atoms with Gasteiger partial charge in [-0.05, 0) is 101 Å². The smallest absolute Gasteiger partial charge is 0.407 e. The molecule has 4 N–H and O–H groups in total. The predicted molar refractivity (Wildman–Crippen MR) is 252 cm³/mol. The number of amides is 4. The molecule has 65 heavy (non-hydrogen) atoms. The molecule has 0 spiro atoms. The lowest BCUT2D eigenvalue weighted by Crippen LogP contribution is -2.51. The van der Waals surface area contributed by atoms with E-state index in [-0.39, 0.29) is 46.6 Å². The molecule has 1 saturated carbocycles. The molecule has 2 fully saturated rings. The Morgan fingerprint density at radius 1 is 0.785 bits per heavy atom. The maximum atomic E-state index is 14.0. The summed E-state index contributed by atoms with van der Waals surface area (Å²) in [5, 5.41) is 5.49. The number of H-pyrrole nitrogens is 2. The predicted octanol–water partition coefficient (Wildman–Crippen LogP) is 9.89. The van der Waals surface area contributed by atoms with Crippen molar-refractivity contribution in [3.8, 4) is 33.6 Å². The number of rotatable bonds is 13. The van der Waals surface area contributed by atoms with Crippen LogP contribution in [-0.2, 0) is 19.1 Å². The molecule has 4 amide bonds. The van der Waals surface area contributed by atoms with Gasteiger partial charge in [-0.15, -0.1) is 0 Å². The monoisotopic (exact) mass is 891 g/mol. The van der Waals surface area contributed by atoms with Gasteiger partial charge < -0.3 is 39.9 Å². The average molecular weight is 891 g/mol. The highest BCUT2D eigenvalue weighted by atomic mass is 16.5. The summed E-state index contributed by atoms with van der Waals surface area (Å²) in [7, 11) is 4.40. The molecule has 14 heteroatoms. The van der Waals surface area contributed by atoms with Crippen LogP contribution in [0.15, 0.2) is 48.8 Å².